The zero-order chi connectivity index (χ0) is 17.2. The summed E-state index contributed by atoms with van der Waals surface area (Å²) in [6.07, 6.45) is 0. The quantitative estimate of drug-likeness (QED) is 0.840. The minimum absolute atomic E-state index is 0.252. The van der Waals surface area contributed by atoms with Crippen LogP contribution in [0.5, 0.6) is 0 Å². The molecule has 1 saturated heterocycles. The van der Waals surface area contributed by atoms with E-state index in [9.17, 15) is 8.78 Å². The number of halogens is 2. The fraction of sp³-hybridized carbons (Fsp3) is 0.333. The van der Waals surface area contributed by atoms with E-state index in [1.165, 1.54) is 24.3 Å². The Morgan fingerprint density at radius 3 is 2.48 bits per heavy atom. The van der Waals surface area contributed by atoms with Crippen molar-refractivity contribution in [2.24, 2.45) is 0 Å². The fourth-order valence-corrected chi connectivity index (χ4v) is 4.25. The minimum atomic E-state index is -0.436. The number of fused-ring (bicyclic) bond motifs is 1. The molecule has 0 amide bonds. The van der Waals surface area contributed by atoms with Gasteiger partial charge in [0.05, 0.1) is 29.2 Å². The van der Waals surface area contributed by atoms with Crippen molar-refractivity contribution in [1.29, 1.82) is 0 Å². The summed E-state index contributed by atoms with van der Waals surface area (Å²) in [7, 11) is 0. The largest absolute Gasteiger partial charge is 0.314 e. The van der Waals surface area contributed by atoms with Gasteiger partial charge in [-0.15, -0.1) is 0 Å². The molecule has 25 heavy (non-hydrogen) atoms. The number of para-hydroxylation sites is 2. The Morgan fingerprint density at radius 2 is 1.68 bits per heavy atom. The molecule has 7 heteroatoms. The molecule has 2 aliphatic heterocycles. The zero-order valence-electron chi connectivity index (χ0n) is 13.8. The van der Waals surface area contributed by atoms with Crippen LogP contribution in [0.2, 0.25) is 0 Å². The molecule has 2 aliphatic rings. The number of piperazine rings is 1. The van der Waals surface area contributed by atoms with Crippen molar-refractivity contribution in [3.63, 3.8) is 0 Å². The highest BCUT2D eigenvalue weighted by Crippen LogP contribution is 2.49. The van der Waals surface area contributed by atoms with E-state index in [-0.39, 0.29) is 5.69 Å². The van der Waals surface area contributed by atoms with Gasteiger partial charge in [0, 0.05) is 45.3 Å². The predicted octanol–water partition coefficient (Wildman–Crippen LogP) is 3.39. The molecule has 2 aromatic rings. The van der Waals surface area contributed by atoms with Crippen LogP contribution in [0.25, 0.3) is 0 Å². The SMILES string of the molecule is Fc1ccc(F)c(N2SN(CCN3CCNCC3)c3ccccc32)c1. The Kier molecular flexibility index (Phi) is 4.78. The Labute approximate surface area is 150 Å². The maximum atomic E-state index is 14.3. The molecule has 2 heterocycles. The molecule has 1 N–H and O–H groups in total. The second-order valence-corrected chi connectivity index (χ2v) is 7.12. The van der Waals surface area contributed by atoms with Gasteiger partial charge in [0.25, 0.3) is 0 Å². The summed E-state index contributed by atoms with van der Waals surface area (Å²) in [5, 5.41) is 3.35. The molecular formula is C18H20F2N4S. The summed E-state index contributed by atoms with van der Waals surface area (Å²) in [5.74, 6) is -0.860. The average Bonchev–Trinajstić information content (AvgIpc) is 3.02. The molecule has 2 aromatic carbocycles. The Morgan fingerprint density at radius 1 is 0.920 bits per heavy atom. The van der Waals surface area contributed by atoms with Crippen molar-refractivity contribution < 1.29 is 8.78 Å². The van der Waals surface area contributed by atoms with Gasteiger partial charge in [-0.05, 0) is 24.3 Å². The molecular weight excluding hydrogens is 342 g/mol. The van der Waals surface area contributed by atoms with E-state index >= 15 is 0 Å². The lowest BCUT2D eigenvalue weighted by molar-refractivity contribution is 0.248. The van der Waals surface area contributed by atoms with Crippen LogP contribution in [-0.4, -0.2) is 44.2 Å². The number of nitrogens with one attached hydrogen (secondary N) is 1. The third kappa shape index (κ3) is 3.44. The maximum absolute atomic E-state index is 14.3. The van der Waals surface area contributed by atoms with Gasteiger partial charge in [0.1, 0.15) is 11.6 Å². The first-order valence-electron chi connectivity index (χ1n) is 8.45. The average molecular weight is 362 g/mol. The fourth-order valence-electron chi connectivity index (χ4n) is 3.18. The van der Waals surface area contributed by atoms with Gasteiger partial charge in [-0.1, -0.05) is 12.1 Å². The lowest BCUT2D eigenvalue weighted by atomic mass is 10.2. The molecule has 0 atom stereocenters. The van der Waals surface area contributed by atoms with Gasteiger partial charge in [0.2, 0.25) is 0 Å². The summed E-state index contributed by atoms with van der Waals surface area (Å²) in [5.41, 5.74) is 2.17. The van der Waals surface area contributed by atoms with E-state index in [2.05, 4.69) is 14.5 Å². The van der Waals surface area contributed by atoms with E-state index in [0.717, 1.165) is 56.7 Å². The molecule has 0 spiro atoms. The molecule has 1 fully saturated rings. The monoisotopic (exact) mass is 362 g/mol. The van der Waals surface area contributed by atoms with E-state index in [1.807, 2.05) is 24.3 Å². The number of hydrogen-bond acceptors (Lipinski definition) is 5. The van der Waals surface area contributed by atoms with E-state index in [4.69, 9.17) is 0 Å². The summed E-state index contributed by atoms with van der Waals surface area (Å²) < 4.78 is 31.8. The Bertz CT molecular complexity index is 752. The van der Waals surface area contributed by atoms with Crippen LogP contribution in [0.15, 0.2) is 42.5 Å². The standard InChI is InChI=1S/C18H20F2N4S/c19-14-5-6-15(20)18(13-14)24-17-4-2-1-3-16(17)23(25-24)12-11-22-9-7-21-8-10-22/h1-6,13,21H,7-12H2. The highest BCUT2D eigenvalue weighted by molar-refractivity contribution is 8.02. The predicted molar refractivity (Wildman–Crippen MR) is 99.2 cm³/mol. The van der Waals surface area contributed by atoms with Crippen LogP contribution in [0.4, 0.5) is 25.8 Å². The van der Waals surface area contributed by atoms with Crippen LogP contribution in [0.1, 0.15) is 0 Å². The van der Waals surface area contributed by atoms with E-state index in [0.29, 0.717) is 0 Å². The van der Waals surface area contributed by atoms with Crippen molar-refractivity contribution in [3.05, 3.63) is 54.1 Å². The molecule has 0 unspecified atom stereocenters. The first-order valence-corrected chi connectivity index (χ1v) is 9.18. The van der Waals surface area contributed by atoms with Crippen molar-refractivity contribution in [2.45, 2.75) is 0 Å². The van der Waals surface area contributed by atoms with Gasteiger partial charge >= 0.3 is 0 Å². The first-order chi connectivity index (χ1) is 12.2. The number of nitrogens with zero attached hydrogens (tertiary/aromatic N) is 3. The smallest absolute Gasteiger partial charge is 0.148 e. The number of benzene rings is 2. The van der Waals surface area contributed by atoms with Crippen molar-refractivity contribution in [1.82, 2.24) is 10.2 Å². The summed E-state index contributed by atoms with van der Waals surface area (Å²) >= 11 is 1.42. The van der Waals surface area contributed by atoms with Gasteiger partial charge in [-0.2, -0.15) is 0 Å². The lowest BCUT2D eigenvalue weighted by Crippen LogP contribution is -2.45. The lowest BCUT2D eigenvalue weighted by Gasteiger charge is -2.29. The highest BCUT2D eigenvalue weighted by atomic mass is 32.2. The van der Waals surface area contributed by atoms with Gasteiger partial charge in [-0.3, -0.25) is 13.5 Å². The molecule has 4 rings (SSSR count). The second-order valence-electron chi connectivity index (χ2n) is 6.15. The van der Waals surface area contributed by atoms with Crippen LogP contribution in [0.3, 0.4) is 0 Å². The van der Waals surface area contributed by atoms with Gasteiger partial charge < -0.3 is 5.32 Å². The molecule has 0 aliphatic carbocycles. The van der Waals surface area contributed by atoms with Crippen molar-refractivity contribution >= 4 is 29.2 Å². The van der Waals surface area contributed by atoms with Crippen LogP contribution in [-0.2, 0) is 0 Å². The van der Waals surface area contributed by atoms with Crippen LogP contribution < -0.4 is 13.9 Å². The number of anilines is 3. The van der Waals surface area contributed by atoms with Crippen molar-refractivity contribution in [3.8, 4) is 0 Å². The third-order valence-electron chi connectivity index (χ3n) is 4.51. The molecule has 4 nitrogen and oxygen atoms in total. The van der Waals surface area contributed by atoms with Gasteiger partial charge in [0.15, 0.2) is 0 Å². The first kappa shape index (κ1) is 16.6. The summed E-state index contributed by atoms with van der Waals surface area (Å²) in [6.45, 7) is 5.90. The Balaban J connectivity index is 1.56. The number of hydrogen-bond donors (Lipinski definition) is 1. The zero-order valence-corrected chi connectivity index (χ0v) is 14.6. The molecule has 0 saturated carbocycles. The summed E-state index contributed by atoms with van der Waals surface area (Å²) in [4.78, 5) is 2.42. The van der Waals surface area contributed by atoms with Gasteiger partial charge in [-0.25, -0.2) is 8.78 Å². The normalized spacial score (nSPS) is 17.8. The Hall–Kier alpha value is -1.83. The molecule has 0 radical (unpaired) electrons. The van der Waals surface area contributed by atoms with E-state index < -0.39 is 11.6 Å². The molecule has 0 bridgehead atoms. The minimum Gasteiger partial charge on any atom is -0.314 e. The maximum Gasteiger partial charge on any atom is 0.148 e. The molecule has 132 valence electrons. The second kappa shape index (κ2) is 7.19. The summed E-state index contributed by atoms with van der Waals surface area (Å²) in [6, 6.07) is 11.4. The van der Waals surface area contributed by atoms with Crippen molar-refractivity contribution in [2.75, 3.05) is 47.9 Å². The molecule has 0 aromatic heterocycles. The number of rotatable bonds is 4. The third-order valence-corrected chi connectivity index (χ3v) is 5.64. The highest BCUT2D eigenvalue weighted by Gasteiger charge is 2.30. The van der Waals surface area contributed by atoms with Crippen LogP contribution >= 0.6 is 12.1 Å². The van der Waals surface area contributed by atoms with E-state index in [1.54, 1.807) is 4.31 Å². The topological polar surface area (TPSA) is 21.8 Å². The van der Waals surface area contributed by atoms with Crippen LogP contribution in [0, 0.1) is 11.6 Å².